The van der Waals surface area contributed by atoms with E-state index < -0.39 is 10.2 Å². The fourth-order valence-corrected chi connectivity index (χ4v) is 1.11. The van der Waals surface area contributed by atoms with E-state index in [0.29, 0.717) is 13.0 Å². The van der Waals surface area contributed by atoms with Crippen molar-refractivity contribution in [3.05, 3.63) is 0 Å². The van der Waals surface area contributed by atoms with E-state index in [-0.39, 0.29) is 18.9 Å². The second kappa shape index (κ2) is 5.90. The van der Waals surface area contributed by atoms with E-state index in [0.717, 1.165) is 0 Å². The van der Waals surface area contributed by atoms with Gasteiger partial charge < -0.3 is 4.74 Å². The van der Waals surface area contributed by atoms with Crippen molar-refractivity contribution in [2.24, 2.45) is 5.14 Å². The number of ether oxygens (including phenoxy) is 1. The first kappa shape index (κ1) is 12.3. The molecule has 0 saturated carbocycles. The predicted octanol–water partition coefficient (Wildman–Crippen LogP) is -0.877. The summed E-state index contributed by atoms with van der Waals surface area (Å²) in [7, 11) is -3.64. The minimum atomic E-state index is -3.64. The summed E-state index contributed by atoms with van der Waals surface area (Å²) in [5, 5.41) is 4.66. The molecule has 0 unspecified atom stereocenters. The van der Waals surface area contributed by atoms with Crippen LogP contribution in [0.5, 0.6) is 0 Å². The van der Waals surface area contributed by atoms with E-state index in [4.69, 9.17) is 0 Å². The average Bonchev–Trinajstić information content (AvgIpc) is 1.97. The topological polar surface area (TPSA) is 98.5 Å². The Morgan fingerprint density at radius 2 is 2.15 bits per heavy atom. The van der Waals surface area contributed by atoms with Gasteiger partial charge in [-0.25, -0.2) is 9.86 Å². The zero-order valence-corrected chi connectivity index (χ0v) is 8.26. The van der Waals surface area contributed by atoms with Crippen molar-refractivity contribution < 1.29 is 17.9 Å². The van der Waals surface area contributed by atoms with Gasteiger partial charge in [0.1, 0.15) is 0 Å². The molecule has 0 rings (SSSR count). The van der Waals surface area contributed by atoms with Crippen LogP contribution in [-0.4, -0.2) is 27.5 Å². The van der Waals surface area contributed by atoms with Gasteiger partial charge in [0.15, 0.2) is 0 Å². The van der Waals surface area contributed by atoms with Crippen LogP contribution in [0.2, 0.25) is 0 Å². The molecule has 0 spiro atoms. The number of nitrogens with one attached hydrogen (secondary N) is 1. The Morgan fingerprint density at radius 3 is 2.62 bits per heavy atom. The van der Waals surface area contributed by atoms with Gasteiger partial charge in [-0.3, -0.25) is 4.79 Å². The van der Waals surface area contributed by atoms with Gasteiger partial charge in [0, 0.05) is 13.0 Å². The van der Waals surface area contributed by atoms with E-state index in [9.17, 15) is 13.2 Å². The minimum absolute atomic E-state index is 0.150. The van der Waals surface area contributed by atoms with Crippen molar-refractivity contribution in [3.8, 4) is 0 Å². The molecule has 0 saturated heterocycles. The Labute approximate surface area is 77.6 Å². The molecule has 0 aromatic rings. The maximum atomic E-state index is 10.7. The number of carbonyl (C=O) groups is 1. The first-order valence-corrected chi connectivity index (χ1v) is 5.43. The van der Waals surface area contributed by atoms with Crippen LogP contribution in [0, 0.1) is 0 Å². The van der Waals surface area contributed by atoms with E-state index in [1.807, 2.05) is 0 Å². The third-order valence-electron chi connectivity index (χ3n) is 1.17. The summed E-state index contributed by atoms with van der Waals surface area (Å²) in [6.07, 6.45) is 0.575. The van der Waals surface area contributed by atoms with Crippen LogP contribution in [0.25, 0.3) is 0 Å². The van der Waals surface area contributed by atoms with Gasteiger partial charge >= 0.3 is 5.97 Å². The summed E-state index contributed by atoms with van der Waals surface area (Å²) in [5.41, 5.74) is 0. The number of hydrogen-bond donors (Lipinski definition) is 2. The fraction of sp³-hybridized carbons (Fsp3) is 0.833. The molecule has 0 heterocycles. The fourth-order valence-electron chi connectivity index (χ4n) is 0.680. The molecular formula is C6H14N2O4S. The highest BCUT2D eigenvalue weighted by atomic mass is 32.2. The highest BCUT2D eigenvalue weighted by Crippen LogP contribution is 1.91. The lowest BCUT2D eigenvalue weighted by molar-refractivity contribution is -0.143. The molecule has 0 aromatic heterocycles. The highest BCUT2D eigenvalue weighted by Gasteiger charge is 2.03. The Hall–Kier alpha value is -0.660. The standard InChI is InChI=1S/C6H14N2O4S/c1-2-12-6(9)4-3-5-8-13(7,10)11/h8H,2-5H2,1H3,(H2,7,10,11). The molecule has 78 valence electrons. The van der Waals surface area contributed by atoms with E-state index in [1.54, 1.807) is 6.92 Å². The molecular weight excluding hydrogens is 196 g/mol. The molecule has 13 heavy (non-hydrogen) atoms. The third-order valence-corrected chi connectivity index (χ3v) is 1.77. The summed E-state index contributed by atoms with van der Waals surface area (Å²) < 4.78 is 27.4. The molecule has 6 nitrogen and oxygen atoms in total. The van der Waals surface area contributed by atoms with Gasteiger partial charge in [0.2, 0.25) is 0 Å². The van der Waals surface area contributed by atoms with Crippen molar-refractivity contribution in [1.29, 1.82) is 0 Å². The van der Waals surface area contributed by atoms with E-state index in [2.05, 4.69) is 14.6 Å². The van der Waals surface area contributed by atoms with Crippen LogP contribution < -0.4 is 9.86 Å². The molecule has 0 aliphatic rings. The van der Waals surface area contributed by atoms with Crippen molar-refractivity contribution >= 4 is 16.2 Å². The van der Waals surface area contributed by atoms with Crippen LogP contribution >= 0.6 is 0 Å². The van der Waals surface area contributed by atoms with Gasteiger partial charge in [-0.1, -0.05) is 0 Å². The van der Waals surface area contributed by atoms with Crippen LogP contribution in [0.15, 0.2) is 0 Å². The van der Waals surface area contributed by atoms with Gasteiger partial charge in [-0.15, -0.1) is 0 Å². The van der Waals surface area contributed by atoms with Gasteiger partial charge in [-0.2, -0.15) is 8.42 Å². The average molecular weight is 210 g/mol. The first-order valence-electron chi connectivity index (χ1n) is 3.88. The lowest BCUT2D eigenvalue weighted by Crippen LogP contribution is -2.31. The molecule has 0 amide bonds. The molecule has 0 atom stereocenters. The molecule has 3 N–H and O–H groups in total. The lowest BCUT2D eigenvalue weighted by atomic mass is 10.3. The Morgan fingerprint density at radius 1 is 1.54 bits per heavy atom. The van der Waals surface area contributed by atoms with Crippen LogP contribution in [0.4, 0.5) is 0 Å². The maximum absolute atomic E-state index is 10.7. The summed E-state index contributed by atoms with van der Waals surface area (Å²) in [5.74, 6) is -0.335. The number of esters is 1. The molecule has 0 radical (unpaired) electrons. The molecule has 0 aromatic carbocycles. The summed E-state index contributed by atoms with van der Waals surface area (Å²) >= 11 is 0. The van der Waals surface area contributed by atoms with Gasteiger partial charge in [0.05, 0.1) is 6.61 Å². The van der Waals surface area contributed by atoms with E-state index in [1.165, 1.54) is 0 Å². The third kappa shape index (κ3) is 9.25. The normalized spacial score (nSPS) is 11.2. The van der Waals surface area contributed by atoms with Gasteiger partial charge in [-0.05, 0) is 13.3 Å². The van der Waals surface area contributed by atoms with Crippen molar-refractivity contribution in [1.82, 2.24) is 4.72 Å². The molecule has 7 heteroatoms. The Kier molecular flexibility index (Phi) is 5.60. The molecule has 0 fully saturated rings. The SMILES string of the molecule is CCOC(=O)CCCNS(N)(=O)=O. The highest BCUT2D eigenvalue weighted by molar-refractivity contribution is 7.87. The van der Waals surface area contributed by atoms with Crippen LogP contribution in [-0.2, 0) is 19.7 Å². The Balaban J connectivity index is 3.41. The zero-order chi connectivity index (χ0) is 10.3. The zero-order valence-electron chi connectivity index (χ0n) is 7.45. The van der Waals surface area contributed by atoms with Crippen molar-refractivity contribution in [3.63, 3.8) is 0 Å². The van der Waals surface area contributed by atoms with Crippen molar-refractivity contribution in [2.45, 2.75) is 19.8 Å². The maximum Gasteiger partial charge on any atom is 0.305 e. The number of rotatable bonds is 6. The largest absolute Gasteiger partial charge is 0.466 e. The van der Waals surface area contributed by atoms with Crippen LogP contribution in [0.3, 0.4) is 0 Å². The number of nitrogens with two attached hydrogens (primary N) is 1. The monoisotopic (exact) mass is 210 g/mol. The lowest BCUT2D eigenvalue weighted by Gasteiger charge is -2.01. The van der Waals surface area contributed by atoms with Gasteiger partial charge in [0.25, 0.3) is 10.2 Å². The first-order chi connectivity index (χ1) is 5.95. The second-order valence-electron chi connectivity index (χ2n) is 2.35. The predicted molar refractivity (Wildman–Crippen MR) is 47.0 cm³/mol. The quantitative estimate of drug-likeness (QED) is 0.439. The molecule has 0 aliphatic heterocycles. The van der Waals surface area contributed by atoms with Crippen molar-refractivity contribution in [2.75, 3.05) is 13.2 Å². The smallest absolute Gasteiger partial charge is 0.305 e. The molecule has 0 bridgehead atoms. The van der Waals surface area contributed by atoms with E-state index >= 15 is 0 Å². The second-order valence-corrected chi connectivity index (χ2v) is 3.73. The Bertz CT molecular complexity index is 249. The summed E-state index contributed by atoms with van der Waals surface area (Å²) in [6.45, 7) is 2.19. The minimum Gasteiger partial charge on any atom is -0.466 e. The number of carbonyl (C=O) groups excluding carboxylic acids is 1. The summed E-state index contributed by atoms with van der Waals surface area (Å²) in [6, 6.07) is 0. The number of hydrogen-bond acceptors (Lipinski definition) is 4. The summed E-state index contributed by atoms with van der Waals surface area (Å²) in [4.78, 5) is 10.7. The molecule has 0 aliphatic carbocycles. The van der Waals surface area contributed by atoms with Crippen LogP contribution in [0.1, 0.15) is 19.8 Å².